The molecule has 0 unspecified atom stereocenters. The Morgan fingerprint density at radius 1 is 1.16 bits per heavy atom. The summed E-state index contributed by atoms with van der Waals surface area (Å²) in [4.78, 5) is 19.6. The van der Waals surface area contributed by atoms with Crippen molar-refractivity contribution in [2.45, 2.75) is 19.4 Å². The quantitative estimate of drug-likeness (QED) is 0.515. The van der Waals surface area contributed by atoms with Crippen molar-refractivity contribution in [3.63, 3.8) is 0 Å². The van der Waals surface area contributed by atoms with Crippen molar-refractivity contribution in [2.24, 2.45) is 5.92 Å². The largest absolute Gasteiger partial charge is 0.497 e. The molecule has 32 heavy (non-hydrogen) atoms. The van der Waals surface area contributed by atoms with Gasteiger partial charge in [0.15, 0.2) is 0 Å². The number of anilines is 1. The fourth-order valence-electron chi connectivity index (χ4n) is 3.73. The van der Waals surface area contributed by atoms with Gasteiger partial charge in [-0.1, -0.05) is 21.1 Å². The summed E-state index contributed by atoms with van der Waals surface area (Å²) >= 11 is 3.42. The molecule has 0 radical (unpaired) electrons. The average Bonchev–Trinajstić information content (AvgIpc) is 3.28. The van der Waals surface area contributed by atoms with Crippen molar-refractivity contribution < 1.29 is 18.8 Å². The van der Waals surface area contributed by atoms with Gasteiger partial charge in [0, 0.05) is 22.0 Å². The summed E-state index contributed by atoms with van der Waals surface area (Å²) in [6.07, 6.45) is 1.51. The van der Waals surface area contributed by atoms with Crippen molar-refractivity contribution in [3.8, 4) is 22.9 Å². The van der Waals surface area contributed by atoms with Crippen LogP contribution in [0.4, 0.5) is 5.69 Å². The summed E-state index contributed by atoms with van der Waals surface area (Å²) in [7, 11) is 3.17. The maximum absolute atomic E-state index is 12.8. The second-order valence-corrected chi connectivity index (χ2v) is 8.54. The number of nitrogens with zero attached hydrogens (tertiary/aromatic N) is 3. The van der Waals surface area contributed by atoms with Crippen molar-refractivity contribution in [3.05, 3.63) is 52.8 Å². The summed E-state index contributed by atoms with van der Waals surface area (Å²) < 4.78 is 17.0. The first-order chi connectivity index (χ1) is 15.6. The lowest BCUT2D eigenvalue weighted by atomic mass is 9.95. The van der Waals surface area contributed by atoms with Gasteiger partial charge in [-0.2, -0.15) is 4.98 Å². The third-order valence-electron chi connectivity index (χ3n) is 5.55. The van der Waals surface area contributed by atoms with E-state index in [9.17, 15) is 4.79 Å². The van der Waals surface area contributed by atoms with Crippen LogP contribution in [-0.2, 0) is 11.3 Å². The molecule has 2 aromatic carbocycles. The molecule has 0 bridgehead atoms. The zero-order chi connectivity index (χ0) is 22.5. The maximum Gasteiger partial charge on any atom is 0.241 e. The third-order valence-corrected chi connectivity index (χ3v) is 6.08. The van der Waals surface area contributed by atoms with Crippen LogP contribution in [0, 0.1) is 5.92 Å². The molecule has 9 heteroatoms. The van der Waals surface area contributed by atoms with Gasteiger partial charge in [0.25, 0.3) is 0 Å². The fourth-order valence-corrected chi connectivity index (χ4v) is 3.99. The van der Waals surface area contributed by atoms with Gasteiger partial charge in [-0.05, 0) is 62.3 Å². The molecule has 1 aliphatic heterocycles. The van der Waals surface area contributed by atoms with E-state index in [2.05, 4.69) is 36.3 Å². The van der Waals surface area contributed by atoms with Crippen molar-refractivity contribution >= 4 is 27.5 Å². The van der Waals surface area contributed by atoms with E-state index in [1.54, 1.807) is 32.4 Å². The van der Waals surface area contributed by atoms with Crippen LogP contribution < -0.4 is 14.8 Å². The van der Waals surface area contributed by atoms with E-state index in [4.69, 9.17) is 14.0 Å². The number of halogens is 1. The molecule has 1 N–H and O–H groups in total. The standard InChI is InChI=1S/C23H25BrN4O4/c1-30-18-7-8-20(31-2)19(13-18)25-23(29)16-9-11-28(12-10-16)14-21-26-22(27-32-21)15-3-5-17(24)6-4-15/h3-8,13,16H,9-12,14H2,1-2H3,(H,25,29). The molecule has 0 atom stereocenters. The Morgan fingerprint density at radius 2 is 1.91 bits per heavy atom. The highest BCUT2D eigenvalue weighted by Gasteiger charge is 2.26. The van der Waals surface area contributed by atoms with Crippen LogP contribution in [0.25, 0.3) is 11.4 Å². The number of likely N-dealkylation sites (tertiary alicyclic amines) is 1. The molecule has 8 nitrogen and oxygen atoms in total. The molecule has 1 saturated heterocycles. The maximum atomic E-state index is 12.8. The smallest absolute Gasteiger partial charge is 0.241 e. The van der Waals surface area contributed by atoms with Crippen LogP contribution in [0.2, 0.25) is 0 Å². The Hall–Kier alpha value is -2.91. The van der Waals surface area contributed by atoms with Gasteiger partial charge < -0.3 is 19.3 Å². The van der Waals surface area contributed by atoms with Gasteiger partial charge in [-0.15, -0.1) is 0 Å². The lowest BCUT2D eigenvalue weighted by Crippen LogP contribution is -2.37. The molecule has 0 saturated carbocycles. The van der Waals surface area contributed by atoms with Crippen LogP contribution >= 0.6 is 15.9 Å². The molecule has 1 aromatic heterocycles. The zero-order valence-electron chi connectivity index (χ0n) is 18.0. The molecule has 1 amide bonds. The first-order valence-corrected chi connectivity index (χ1v) is 11.2. The van der Waals surface area contributed by atoms with Crippen LogP contribution in [-0.4, -0.2) is 48.3 Å². The van der Waals surface area contributed by atoms with Crippen molar-refractivity contribution in [1.29, 1.82) is 0 Å². The van der Waals surface area contributed by atoms with Gasteiger partial charge in [-0.3, -0.25) is 9.69 Å². The van der Waals surface area contributed by atoms with E-state index in [-0.39, 0.29) is 11.8 Å². The first-order valence-electron chi connectivity index (χ1n) is 10.4. The van der Waals surface area contributed by atoms with Gasteiger partial charge in [0.1, 0.15) is 11.5 Å². The molecule has 2 heterocycles. The Labute approximate surface area is 195 Å². The van der Waals surface area contributed by atoms with E-state index in [1.165, 1.54) is 0 Å². The lowest BCUT2D eigenvalue weighted by Gasteiger charge is -2.30. The van der Waals surface area contributed by atoms with Crippen molar-refractivity contribution in [2.75, 3.05) is 32.6 Å². The highest BCUT2D eigenvalue weighted by atomic mass is 79.9. The number of carbonyl (C=O) groups excluding carboxylic acids is 1. The van der Waals surface area contributed by atoms with Crippen LogP contribution in [0.1, 0.15) is 18.7 Å². The number of hydrogen-bond donors (Lipinski definition) is 1. The number of amides is 1. The Bertz CT molecular complexity index is 1060. The highest BCUT2D eigenvalue weighted by molar-refractivity contribution is 9.10. The van der Waals surface area contributed by atoms with Gasteiger partial charge in [0.2, 0.25) is 17.6 Å². The normalized spacial score (nSPS) is 14.8. The monoisotopic (exact) mass is 500 g/mol. The number of aromatic nitrogens is 2. The van der Waals surface area contributed by atoms with E-state index in [0.717, 1.165) is 36.0 Å². The molecule has 1 aliphatic rings. The van der Waals surface area contributed by atoms with E-state index in [1.807, 2.05) is 24.3 Å². The van der Waals surface area contributed by atoms with Crippen LogP contribution in [0.3, 0.4) is 0 Å². The highest BCUT2D eigenvalue weighted by Crippen LogP contribution is 2.30. The second-order valence-electron chi connectivity index (χ2n) is 7.62. The number of ether oxygens (including phenoxy) is 2. The summed E-state index contributed by atoms with van der Waals surface area (Å²) in [5.74, 6) is 2.35. The Balaban J connectivity index is 1.31. The minimum absolute atomic E-state index is 0.00785. The summed E-state index contributed by atoms with van der Waals surface area (Å²) in [6, 6.07) is 13.1. The van der Waals surface area contributed by atoms with Crippen LogP contribution in [0.15, 0.2) is 51.5 Å². The number of hydrogen-bond acceptors (Lipinski definition) is 7. The number of nitrogens with one attached hydrogen (secondary N) is 1. The summed E-state index contributed by atoms with van der Waals surface area (Å²) in [6.45, 7) is 2.13. The third kappa shape index (κ3) is 5.28. The Kier molecular flexibility index (Phi) is 7.06. The van der Waals surface area contributed by atoms with Crippen molar-refractivity contribution in [1.82, 2.24) is 15.0 Å². The topological polar surface area (TPSA) is 89.7 Å². The molecular formula is C23H25BrN4O4. The number of carbonyl (C=O) groups is 1. The SMILES string of the molecule is COc1ccc(OC)c(NC(=O)C2CCN(Cc3nc(-c4ccc(Br)cc4)no3)CC2)c1. The molecule has 168 valence electrons. The lowest BCUT2D eigenvalue weighted by molar-refractivity contribution is -0.121. The number of piperidine rings is 1. The van der Waals surface area contributed by atoms with Gasteiger partial charge in [0.05, 0.1) is 26.5 Å². The molecule has 4 rings (SSSR count). The molecular weight excluding hydrogens is 476 g/mol. The molecule has 3 aromatic rings. The minimum Gasteiger partial charge on any atom is -0.497 e. The fraction of sp³-hybridized carbons (Fsp3) is 0.348. The van der Waals surface area contributed by atoms with Gasteiger partial charge in [-0.25, -0.2) is 0 Å². The predicted molar refractivity (Wildman–Crippen MR) is 124 cm³/mol. The van der Waals surface area contributed by atoms with E-state index >= 15 is 0 Å². The second kappa shape index (κ2) is 10.1. The summed E-state index contributed by atoms with van der Waals surface area (Å²) in [5, 5.41) is 7.08. The summed E-state index contributed by atoms with van der Waals surface area (Å²) in [5.41, 5.74) is 1.53. The molecule has 0 aliphatic carbocycles. The first kappa shape index (κ1) is 22.3. The minimum atomic E-state index is -0.0665. The average molecular weight is 501 g/mol. The van der Waals surface area contributed by atoms with E-state index in [0.29, 0.717) is 35.4 Å². The Morgan fingerprint density at radius 3 is 2.59 bits per heavy atom. The number of rotatable bonds is 7. The molecule has 0 spiro atoms. The molecule has 1 fully saturated rings. The predicted octanol–water partition coefficient (Wildman–Crippen LogP) is 4.37. The van der Waals surface area contributed by atoms with Crippen LogP contribution in [0.5, 0.6) is 11.5 Å². The zero-order valence-corrected chi connectivity index (χ0v) is 19.6. The number of methoxy groups -OCH3 is 2. The van der Waals surface area contributed by atoms with E-state index < -0.39 is 0 Å². The number of benzene rings is 2. The van der Waals surface area contributed by atoms with Gasteiger partial charge >= 0.3 is 0 Å².